The van der Waals surface area contributed by atoms with Crippen molar-refractivity contribution in [1.82, 2.24) is 10.2 Å². The average Bonchev–Trinajstić information content (AvgIpc) is 2.68. The van der Waals surface area contributed by atoms with E-state index in [1.807, 2.05) is 4.72 Å². The minimum atomic E-state index is -4.01. The van der Waals surface area contributed by atoms with Crippen LogP contribution in [0.5, 0.6) is 0 Å². The Kier molecular flexibility index (Phi) is 6.37. The predicted octanol–water partition coefficient (Wildman–Crippen LogP) is 3.11. The number of hydrogen-bond acceptors (Lipinski definition) is 6. The largest absolute Gasteiger partial charge is 0.405 e. The van der Waals surface area contributed by atoms with E-state index in [2.05, 4.69) is 22.1 Å². The predicted molar refractivity (Wildman–Crippen MR) is 116 cm³/mol. The molecule has 2 aromatic rings. The van der Waals surface area contributed by atoms with Gasteiger partial charge in [0.2, 0.25) is 0 Å². The highest BCUT2D eigenvalue weighted by Gasteiger charge is 2.41. The standard InChI is InChI=1S/C20H22F2N6O2S/c1-13(16(21)4-2-11-23)20(9-3-10-20)25-19-8-7-18(26-27-19)15-6-5-14(12-17(15)22)28-31(24,29)30/h2,4-8,11-12,28H,1,3,9-10,23H2,(H,25,27)(H2,24,29,30)/b11-2-,16-4+. The normalized spacial score (nSPS) is 16.0. The highest BCUT2D eigenvalue weighted by Crippen LogP contribution is 2.43. The molecule has 0 spiro atoms. The van der Waals surface area contributed by atoms with Gasteiger partial charge in [0.25, 0.3) is 10.2 Å². The third kappa shape index (κ3) is 5.25. The molecule has 0 atom stereocenters. The summed E-state index contributed by atoms with van der Waals surface area (Å²) in [6.45, 7) is 3.87. The Morgan fingerprint density at radius 2 is 1.97 bits per heavy atom. The van der Waals surface area contributed by atoms with E-state index >= 15 is 0 Å². The lowest BCUT2D eigenvalue weighted by atomic mass is 9.71. The van der Waals surface area contributed by atoms with Gasteiger partial charge in [0.05, 0.1) is 16.9 Å². The molecule has 0 aliphatic heterocycles. The molecule has 31 heavy (non-hydrogen) atoms. The van der Waals surface area contributed by atoms with Crippen LogP contribution in [-0.2, 0) is 10.2 Å². The molecular weight excluding hydrogens is 426 g/mol. The van der Waals surface area contributed by atoms with Crippen LogP contribution in [0, 0.1) is 5.82 Å². The summed E-state index contributed by atoms with van der Waals surface area (Å²) in [5.74, 6) is -0.791. The Balaban J connectivity index is 1.78. The van der Waals surface area contributed by atoms with Gasteiger partial charge in [-0.15, -0.1) is 10.2 Å². The quantitative estimate of drug-likeness (QED) is 0.458. The fourth-order valence-electron chi connectivity index (χ4n) is 3.24. The first-order chi connectivity index (χ1) is 14.6. The molecule has 1 fully saturated rings. The van der Waals surface area contributed by atoms with Gasteiger partial charge in [-0.1, -0.05) is 6.58 Å². The van der Waals surface area contributed by atoms with Crippen molar-refractivity contribution >= 4 is 21.7 Å². The van der Waals surface area contributed by atoms with E-state index in [1.165, 1.54) is 30.5 Å². The zero-order valence-corrected chi connectivity index (χ0v) is 17.3. The molecule has 0 unspecified atom stereocenters. The Bertz CT molecular complexity index is 1140. The molecule has 1 aliphatic rings. The van der Waals surface area contributed by atoms with E-state index in [4.69, 9.17) is 10.9 Å². The van der Waals surface area contributed by atoms with Gasteiger partial charge in [-0.05, 0) is 67.9 Å². The summed E-state index contributed by atoms with van der Waals surface area (Å²) in [5, 5.41) is 16.2. The minimum Gasteiger partial charge on any atom is -0.405 e. The number of nitrogens with zero attached hydrogens (tertiary/aromatic N) is 2. The van der Waals surface area contributed by atoms with Gasteiger partial charge >= 0.3 is 0 Å². The molecule has 0 bridgehead atoms. The van der Waals surface area contributed by atoms with E-state index in [9.17, 15) is 17.2 Å². The number of benzene rings is 1. The van der Waals surface area contributed by atoms with Crippen molar-refractivity contribution in [3.05, 3.63) is 72.5 Å². The number of anilines is 2. The lowest BCUT2D eigenvalue weighted by molar-refractivity contribution is 0.322. The number of aromatic nitrogens is 2. The van der Waals surface area contributed by atoms with Crippen molar-refractivity contribution in [3.63, 3.8) is 0 Å². The Hall–Kier alpha value is -3.31. The first-order valence-corrected chi connectivity index (χ1v) is 10.8. The third-order valence-electron chi connectivity index (χ3n) is 4.96. The fraction of sp³-hybridized carbons (Fsp3) is 0.200. The number of nitrogens with one attached hydrogen (secondary N) is 2. The Morgan fingerprint density at radius 3 is 2.48 bits per heavy atom. The van der Waals surface area contributed by atoms with Crippen LogP contribution < -0.4 is 20.9 Å². The van der Waals surface area contributed by atoms with Gasteiger partial charge in [0.15, 0.2) is 0 Å². The van der Waals surface area contributed by atoms with E-state index < -0.39 is 27.4 Å². The molecular formula is C20H22F2N6O2S. The van der Waals surface area contributed by atoms with Crippen molar-refractivity contribution in [2.75, 3.05) is 10.0 Å². The fourth-order valence-corrected chi connectivity index (χ4v) is 3.70. The van der Waals surface area contributed by atoms with Crippen LogP contribution in [0.15, 0.2) is 66.7 Å². The van der Waals surface area contributed by atoms with Crippen molar-refractivity contribution < 1.29 is 17.2 Å². The molecule has 3 rings (SSSR count). The topological polar surface area (TPSA) is 136 Å². The maximum absolute atomic E-state index is 14.4. The molecule has 1 aromatic heterocycles. The second-order valence-corrected chi connectivity index (χ2v) is 8.38. The number of rotatable bonds is 8. The van der Waals surface area contributed by atoms with Crippen molar-refractivity contribution in [2.45, 2.75) is 24.8 Å². The number of nitrogens with two attached hydrogens (primary N) is 2. The molecule has 1 heterocycles. The maximum atomic E-state index is 14.4. The van der Waals surface area contributed by atoms with Crippen LogP contribution in [0.4, 0.5) is 20.3 Å². The summed E-state index contributed by atoms with van der Waals surface area (Å²) in [7, 11) is -4.01. The average molecular weight is 448 g/mol. The van der Waals surface area contributed by atoms with E-state index in [1.54, 1.807) is 12.1 Å². The Morgan fingerprint density at radius 1 is 1.23 bits per heavy atom. The highest BCUT2D eigenvalue weighted by molar-refractivity contribution is 7.90. The zero-order chi connectivity index (χ0) is 22.6. The highest BCUT2D eigenvalue weighted by atomic mass is 32.2. The monoisotopic (exact) mass is 448 g/mol. The molecule has 0 radical (unpaired) electrons. The van der Waals surface area contributed by atoms with Gasteiger partial charge in [-0.2, -0.15) is 8.42 Å². The molecule has 6 N–H and O–H groups in total. The van der Waals surface area contributed by atoms with Crippen LogP contribution in [0.2, 0.25) is 0 Å². The number of allylic oxidation sites excluding steroid dienone is 2. The van der Waals surface area contributed by atoms with Gasteiger partial charge in [0.1, 0.15) is 17.5 Å². The summed E-state index contributed by atoms with van der Waals surface area (Å²) < 4.78 is 52.9. The SMILES string of the molecule is C=C(/C(F)=C\C=C/N)C1(Nc2ccc(-c3ccc(NS(N)(=O)=O)cc3F)nn2)CCC1. The molecule has 1 saturated carbocycles. The lowest BCUT2D eigenvalue weighted by Crippen LogP contribution is -2.47. The minimum absolute atomic E-state index is 0.0139. The number of halogens is 2. The van der Waals surface area contributed by atoms with E-state index in [0.29, 0.717) is 24.2 Å². The second-order valence-electron chi connectivity index (χ2n) is 7.08. The van der Waals surface area contributed by atoms with Crippen LogP contribution in [0.3, 0.4) is 0 Å². The van der Waals surface area contributed by atoms with Gasteiger partial charge < -0.3 is 11.1 Å². The smallest absolute Gasteiger partial charge is 0.296 e. The molecule has 164 valence electrons. The van der Waals surface area contributed by atoms with Crippen LogP contribution in [0.1, 0.15) is 19.3 Å². The van der Waals surface area contributed by atoms with Crippen LogP contribution >= 0.6 is 0 Å². The maximum Gasteiger partial charge on any atom is 0.296 e. The van der Waals surface area contributed by atoms with Gasteiger partial charge in [-0.3, -0.25) is 4.72 Å². The molecule has 0 amide bonds. The molecule has 8 nitrogen and oxygen atoms in total. The van der Waals surface area contributed by atoms with E-state index in [0.717, 1.165) is 12.5 Å². The zero-order valence-electron chi connectivity index (χ0n) is 16.5. The van der Waals surface area contributed by atoms with Crippen LogP contribution in [-0.4, -0.2) is 24.2 Å². The summed E-state index contributed by atoms with van der Waals surface area (Å²) in [5.41, 5.74) is 5.23. The van der Waals surface area contributed by atoms with Gasteiger partial charge in [-0.25, -0.2) is 13.9 Å². The van der Waals surface area contributed by atoms with E-state index in [-0.39, 0.29) is 16.9 Å². The van der Waals surface area contributed by atoms with Gasteiger partial charge in [0, 0.05) is 11.1 Å². The molecule has 1 aromatic carbocycles. The van der Waals surface area contributed by atoms with Crippen molar-refractivity contribution in [3.8, 4) is 11.3 Å². The summed E-state index contributed by atoms with van der Waals surface area (Å²) in [6, 6.07) is 6.87. The van der Waals surface area contributed by atoms with Crippen molar-refractivity contribution in [1.29, 1.82) is 0 Å². The third-order valence-corrected chi connectivity index (χ3v) is 5.48. The summed E-state index contributed by atoms with van der Waals surface area (Å²) >= 11 is 0. The molecule has 0 saturated heterocycles. The lowest BCUT2D eigenvalue weighted by Gasteiger charge is -2.44. The summed E-state index contributed by atoms with van der Waals surface area (Å²) in [4.78, 5) is 0. The summed E-state index contributed by atoms with van der Waals surface area (Å²) in [6.07, 6.45) is 6.12. The first kappa shape index (κ1) is 22.4. The number of hydrogen-bond donors (Lipinski definition) is 4. The molecule has 11 heteroatoms. The second kappa shape index (κ2) is 8.82. The molecule has 1 aliphatic carbocycles. The first-order valence-electron chi connectivity index (χ1n) is 9.30. The van der Waals surface area contributed by atoms with Crippen molar-refractivity contribution in [2.24, 2.45) is 10.9 Å². The Labute approximate surface area is 178 Å². The van der Waals surface area contributed by atoms with Crippen LogP contribution in [0.25, 0.3) is 11.3 Å².